The van der Waals surface area contributed by atoms with Gasteiger partial charge in [0, 0.05) is 69.5 Å². The molecule has 0 N–H and O–H groups in total. The number of thiazole rings is 1. The third-order valence-corrected chi connectivity index (χ3v) is 11.8. The first-order valence-corrected chi connectivity index (χ1v) is 17.6. The second kappa shape index (κ2) is 9.88. The first-order valence-electron chi connectivity index (χ1n) is 15.9. The molecule has 0 atom stereocenters. The Morgan fingerprint density at radius 2 is 1.00 bits per heavy atom. The zero-order chi connectivity index (χ0) is 31.3. The molecule has 5 heteroatoms. The predicted molar refractivity (Wildman–Crippen MR) is 203 cm³/mol. The molecule has 0 spiro atoms. The molecule has 224 valence electrons. The van der Waals surface area contributed by atoms with Crippen LogP contribution in [0.2, 0.25) is 0 Å². The van der Waals surface area contributed by atoms with Crippen LogP contribution in [0.15, 0.2) is 148 Å². The molecular weight excluding hydrogens is 627 g/mol. The Morgan fingerprint density at radius 3 is 1.73 bits per heavy atom. The van der Waals surface area contributed by atoms with E-state index in [0.717, 1.165) is 86.9 Å². The van der Waals surface area contributed by atoms with Gasteiger partial charge in [0.1, 0.15) is 27.3 Å². The Labute approximate surface area is 281 Å². The van der Waals surface area contributed by atoms with Gasteiger partial charge in [0.15, 0.2) is 0 Å². The molecule has 4 aromatic heterocycles. The van der Waals surface area contributed by atoms with E-state index in [9.17, 15) is 0 Å². The van der Waals surface area contributed by atoms with Crippen LogP contribution >= 0.6 is 22.7 Å². The highest BCUT2D eigenvalue weighted by Crippen LogP contribution is 2.47. The molecule has 0 aliphatic rings. The maximum absolute atomic E-state index is 6.54. The largest absolute Gasteiger partial charge is 0.455 e. The summed E-state index contributed by atoms with van der Waals surface area (Å²) < 4.78 is 16.8. The number of rotatable bonds is 3. The maximum Gasteiger partial charge on any atom is 0.143 e. The molecule has 0 bridgehead atoms. The summed E-state index contributed by atoms with van der Waals surface area (Å²) in [6.07, 6.45) is 0. The molecule has 11 rings (SSSR count). The van der Waals surface area contributed by atoms with Crippen LogP contribution in [0.4, 0.5) is 0 Å². The molecule has 3 nitrogen and oxygen atoms in total. The Balaban J connectivity index is 1.20. The van der Waals surface area contributed by atoms with Crippen molar-refractivity contribution in [3.05, 3.63) is 140 Å². The van der Waals surface area contributed by atoms with E-state index >= 15 is 0 Å². The summed E-state index contributed by atoms with van der Waals surface area (Å²) in [5, 5.41) is 8.02. The molecule has 0 saturated carbocycles. The van der Waals surface area contributed by atoms with Gasteiger partial charge >= 0.3 is 0 Å². The van der Waals surface area contributed by atoms with Crippen molar-refractivity contribution in [3.63, 3.8) is 0 Å². The molecule has 7 aromatic carbocycles. The lowest BCUT2D eigenvalue weighted by atomic mass is 9.96. The molecule has 0 radical (unpaired) electrons. The smallest absolute Gasteiger partial charge is 0.143 e. The van der Waals surface area contributed by atoms with Crippen LogP contribution in [-0.2, 0) is 0 Å². The topological polar surface area (TPSA) is 39.2 Å². The second-order valence-corrected chi connectivity index (χ2v) is 14.3. The number of para-hydroxylation sites is 4. The third-order valence-electron chi connectivity index (χ3n) is 9.56. The Bertz CT molecular complexity index is 2930. The standard InChI is InChI=1S/C43H23NO2S2/c1-4-16-35-25(9-1)29-12-7-14-31(40(29)45-35)28-20-21-33(32-15-8-13-30-26-10-2-5-17-36(26)46-41(30)32)42-39(28)44-43(48-42)24-19-22-38-34(23-24)27-11-3-6-18-37(27)47-38/h1-23H. The number of furan rings is 2. The molecule has 48 heavy (non-hydrogen) atoms. The lowest BCUT2D eigenvalue weighted by Crippen LogP contribution is -1.86. The van der Waals surface area contributed by atoms with E-state index < -0.39 is 0 Å². The van der Waals surface area contributed by atoms with Gasteiger partial charge in [0.2, 0.25) is 0 Å². The van der Waals surface area contributed by atoms with Crippen molar-refractivity contribution < 1.29 is 8.83 Å². The number of thiophene rings is 1. The second-order valence-electron chi connectivity index (χ2n) is 12.2. The normalized spacial score (nSPS) is 12.2. The monoisotopic (exact) mass is 649 g/mol. The number of aromatic nitrogens is 1. The lowest BCUT2D eigenvalue weighted by molar-refractivity contribution is 0.669. The summed E-state index contributed by atoms with van der Waals surface area (Å²) in [6.45, 7) is 0. The van der Waals surface area contributed by atoms with Crippen LogP contribution < -0.4 is 0 Å². The van der Waals surface area contributed by atoms with Crippen LogP contribution in [0.3, 0.4) is 0 Å². The molecule has 11 aromatic rings. The van der Waals surface area contributed by atoms with Gasteiger partial charge in [-0.15, -0.1) is 22.7 Å². The van der Waals surface area contributed by atoms with Crippen molar-refractivity contribution in [1.29, 1.82) is 0 Å². The number of fused-ring (bicyclic) bond motifs is 10. The Kier molecular flexibility index (Phi) is 5.42. The van der Waals surface area contributed by atoms with E-state index in [-0.39, 0.29) is 0 Å². The van der Waals surface area contributed by atoms with Crippen molar-refractivity contribution in [1.82, 2.24) is 4.98 Å². The zero-order valence-electron chi connectivity index (χ0n) is 25.4. The number of nitrogens with zero attached hydrogens (tertiary/aromatic N) is 1. The third kappa shape index (κ3) is 3.71. The molecule has 0 saturated heterocycles. The first-order chi connectivity index (χ1) is 23.8. The van der Waals surface area contributed by atoms with Crippen LogP contribution in [-0.4, -0.2) is 4.98 Å². The van der Waals surface area contributed by atoms with E-state index in [1.807, 2.05) is 35.6 Å². The molecule has 0 unspecified atom stereocenters. The minimum atomic E-state index is 0.882. The lowest BCUT2D eigenvalue weighted by Gasteiger charge is -2.09. The molecule has 0 aliphatic carbocycles. The van der Waals surface area contributed by atoms with Crippen molar-refractivity contribution in [2.75, 3.05) is 0 Å². The summed E-state index contributed by atoms with van der Waals surface area (Å²) in [5.74, 6) is 0. The molecule has 0 amide bonds. The first kappa shape index (κ1) is 26.3. The average Bonchev–Trinajstić information content (AvgIpc) is 3.92. The quantitative estimate of drug-likeness (QED) is 0.191. The fraction of sp³-hybridized carbons (Fsp3) is 0. The van der Waals surface area contributed by atoms with Crippen molar-refractivity contribution in [2.45, 2.75) is 0 Å². The summed E-state index contributed by atoms with van der Waals surface area (Å²) in [6, 6.07) is 49.3. The summed E-state index contributed by atoms with van der Waals surface area (Å²) in [4.78, 5) is 5.45. The van der Waals surface area contributed by atoms with Gasteiger partial charge < -0.3 is 8.83 Å². The maximum atomic E-state index is 6.54. The van der Waals surface area contributed by atoms with Crippen LogP contribution in [0.1, 0.15) is 0 Å². The SMILES string of the molecule is c1ccc2c(c1)oc1c(-c3ccc(-c4cccc5c4oc4ccccc45)c4sc(-c5ccc6sc7ccccc7c6c5)nc34)cccc12. The molecule has 4 heterocycles. The summed E-state index contributed by atoms with van der Waals surface area (Å²) in [7, 11) is 0. The van der Waals surface area contributed by atoms with E-state index in [1.54, 1.807) is 11.3 Å². The predicted octanol–water partition coefficient (Wildman–Crippen LogP) is 13.5. The van der Waals surface area contributed by atoms with Gasteiger partial charge in [0.25, 0.3) is 0 Å². The number of benzene rings is 7. The minimum Gasteiger partial charge on any atom is -0.455 e. The van der Waals surface area contributed by atoms with E-state index in [4.69, 9.17) is 13.8 Å². The van der Waals surface area contributed by atoms with Crippen molar-refractivity contribution in [3.8, 4) is 32.8 Å². The highest BCUT2D eigenvalue weighted by Gasteiger charge is 2.22. The van der Waals surface area contributed by atoms with Crippen LogP contribution in [0.25, 0.3) is 107 Å². The Hall–Kier alpha value is -5.75. The van der Waals surface area contributed by atoms with E-state index in [2.05, 4.69) is 115 Å². The van der Waals surface area contributed by atoms with Gasteiger partial charge in [-0.2, -0.15) is 0 Å². The fourth-order valence-corrected chi connectivity index (χ4v) is 9.54. The fourth-order valence-electron chi connectivity index (χ4n) is 7.34. The number of hydrogen-bond donors (Lipinski definition) is 0. The van der Waals surface area contributed by atoms with Gasteiger partial charge in [-0.05, 0) is 30.3 Å². The van der Waals surface area contributed by atoms with Gasteiger partial charge in [-0.1, -0.05) is 109 Å². The van der Waals surface area contributed by atoms with E-state index in [0.29, 0.717) is 0 Å². The summed E-state index contributed by atoms with van der Waals surface area (Å²) in [5.41, 5.74) is 9.92. The van der Waals surface area contributed by atoms with Crippen LogP contribution in [0.5, 0.6) is 0 Å². The molecule has 0 fully saturated rings. The zero-order valence-corrected chi connectivity index (χ0v) is 27.0. The Morgan fingerprint density at radius 1 is 0.417 bits per heavy atom. The van der Waals surface area contributed by atoms with Gasteiger partial charge in [-0.3, -0.25) is 0 Å². The van der Waals surface area contributed by atoms with Crippen molar-refractivity contribution in [2.24, 2.45) is 0 Å². The average molecular weight is 650 g/mol. The molecule has 0 aliphatic heterocycles. The summed E-state index contributed by atoms with van der Waals surface area (Å²) >= 11 is 3.58. The molecular formula is C43H23NO2S2. The van der Waals surface area contributed by atoms with E-state index in [1.165, 1.54) is 20.2 Å². The minimum absolute atomic E-state index is 0.882. The van der Waals surface area contributed by atoms with Gasteiger partial charge in [-0.25, -0.2) is 4.98 Å². The van der Waals surface area contributed by atoms with Gasteiger partial charge in [0.05, 0.1) is 10.2 Å². The number of hydrogen-bond acceptors (Lipinski definition) is 5. The highest BCUT2D eigenvalue weighted by atomic mass is 32.1. The van der Waals surface area contributed by atoms with Crippen molar-refractivity contribution >= 4 is 96.9 Å². The highest BCUT2D eigenvalue weighted by molar-refractivity contribution is 7.26. The van der Waals surface area contributed by atoms with Crippen LogP contribution in [0, 0.1) is 0 Å².